The maximum Gasteiger partial charge on any atom is 0.163 e. The topological polar surface area (TPSA) is 43.8 Å². The monoisotopic (exact) mass is 287 g/mol. The van der Waals surface area contributed by atoms with Crippen LogP contribution >= 0.6 is 0 Å². The first-order valence-electron chi connectivity index (χ1n) is 6.68. The second-order valence-corrected chi connectivity index (χ2v) is 5.04. The third-order valence-corrected chi connectivity index (χ3v) is 3.63. The number of aromatic nitrogens is 2. The van der Waals surface area contributed by atoms with Gasteiger partial charge in [0.25, 0.3) is 0 Å². The van der Waals surface area contributed by atoms with Crippen LogP contribution in [0.2, 0.25) is 0 Å². The molecule has 0 aliphatic carbocycles. The molecule has 0 bridgehead atoms. The SMILES string of the molecule is Cn1nc(CC(N)c2cccc(F)c2F)c2ccccc21. The molecule has 1 atom stereocenters. The highest BCUT2D eigenvalue weighted by Crippen LogP contribution is 2.24. The van der Waals surface area contributed by atoms with Crippen LogP contribution in [0.1, 0.15) is 17.3 Å². The molecule has 1 unspecified atom stereocenters. The summed E-state index contributed by atoms with van der Waals surface area (Å²) >= 11 is 0. The van der Waals surface area contributed by atoms with Crippen LogP contribution in [0.4, 0.5) is 8.78 Å². The Balaban J connectivity index is 1.97. The summed E-state index contributed by atoms with van der Waals surface area (Å²) in [7, 11) is 1.85. The smallest absolute Gasteiger partial charge is 0.163 e. The first-order chi connectivity index (χ1) is 10.1. The van der Waals surface area contributed by atoms with E-state index in [9.17, 15) is 8.78 Å². The fraction of sp³-hybridized carbons (Fsp3) is 0.188. The van der Waals surface area contributed by atoms with Gasteiger partial charge in [-0.05, 0) is 12.1 Å². The van der Waals surface area contributed by atoms with Gasteiger partial charge in [0, 0.05) is 30.5 Å². The molecule has 1 aromatic heterocycles. The highest BCUT2D eigenvalue weighted by Gasteiger charge is 2.18. The number of benzene rings is 2. The second-order valence-electron chi connectivity index (χ2n) is 5.04. The lowest BCUT2D eigenvalue weighted by Gasteiger charge is -2.12. The number of rotatable bonds is 3. The zero-order chi connectivity index (χ0) is 15.0. The summed E-state index contributed by atoms with van der Waals surface area (Å²) in [5.74, 6) is -1.76. The number of fused-ring (bicyclic) bond motifs is 1. The molecule has 0 aliphatic rings. The van der Waals surface area contributed by atoms with E-state index in [1.54, 1.807) is 4.68 Å². The molecular weight excluding hydrogens is 272 g/mol. The highest BCUT2D eigenvalue weighted by molar-refractivity contribution is 5.81. The summed E-state index contributed by atoms with van der Waals surface area (Å²) in [6.45, 7) is 0. The number of hydrogen-bond acceptors (Lipinski definition) is 2. The minimum absolute atomic E-state index is 0.171. The van der Waals surface area contributed by atoms with Crippen LogP contribution in [-0.4, -0.2) is 9.78 Å². The summed E-state index contributed by atoms with van der Waals surface area (Å²) in [5, 5.41) is 5.41. The van der Waals surface area contributed by atoms with E-state index < -0.39 is 17.7 Å². The van der Waals surface area contributed by atoms with Gasteiger partial charge in [0.05, 0.1) is 11.2 Å². The van der Waals surface area contributed by atoms with Crippen LogP contribution in [0.5, 0.6) is 0 Å². The number of halogens is 2. The van der Waals surface area contributed by atoms with Gasteiger partial charge in [-0.2, -0.15) is 5.10 Å². The molecule has 2 N–H and O–H groups in total. The third kappa shape index (κ3) is 2.40. The number of nitrogens with two attached hydrogens (primary N) is 1. The molecule has 5 heteroatoms. The molecule has 0 aliphatic heterocycles. The van der Waals surface area contributed by atoms with E-state index in [2.05, 4.69) is 5.10 Å². The van der Waals surface area contributed by atoms with Crippen molar-refractivity contribution in [1.29, 1.82) is 0 Å². The van der Waals surface area contributed by atoms with Gasteiger partial charge >= 0.3 is 0 Å². The second kappa shape index (κ2) is 5.26. The quantitative estimate of drug-likeness (QED) is 0.804. The molecule has 3 nitrogen and oxygen atoms in total. The zero-order valence-electron chi connectivity index (χ0n) is 11.6. The van der Waals surface area contributed by atoms with Gasteiger partial charge in [-0.1, -0.05) is 30.3 Å². The summed E-state index contributed by atoms with van der Waals surface area (Å²) in [6.07, 6.45) is 0.349. The summed E-state index contributed by atoms with van der Waals surface area (Å²) in [4.78, 5) is 0. The molecule has 3 aromatic rings. The van der Waals surface area contributed by atoms with Gasteiger partial charge in [-0.25, -0.2) is 8.78 Å². The number of hydrogen-bond donors (Lipinski definition) is 1. The van der Waals surface area contributed by atoms with Crippen molar-refractivity contribution in [2.24, 2.45) is 12.8 Å². The van der Waals surface area contributed by atoms with Crippen molar-refractivity contribution in [2.45, 2.75) is 12.5 Å². The molecule has 0 saturated heterocycles. The van der Waals surface area contributed by atoms with Gasteiger partial charge in [-0.3, -0.25) is 4.68 Å². The molecule has 0 fully saturated rings. The lowest BCUT2D eigenvalue weighted by molar-refractivity contribution is 0.487. The van der Waals surface area contributed by atoms with Gasteiger partial charge in [0.1, 0.15) is 0 Å². The Bertz CT molecular complexity index is 795. The van der Waals surface area contributed by atoms with E-state index in [0.717, 1.165) is 22.7 Å². The van der Waals surface area contributed by atoms with Crippen LogP contribution in [0.15, 0.2) is 42.5 Å². The van der Waals surface area contributed by atoms with Crippen LogP contribution in [0, 0.1) is 11.6 Å². The van der Waals surface area contributed by atoms with E-state index in [1.165, 1.54) is 12.1 Å². The Hall–Kier alpha value is -2.27. The average Bonchev–Trinajstić information content (AvgIpc) is 2.79. The Morgan fingerprint density at radius 3 is 2.71 bits per heavy atom. The van der Waals surface area contributed by atoms with Gasteiger partial charge in [0.2, 0.25) is 0 Å². The summed E-state index contributed by atoms with van der Waals surface area (Å²) < 4.78 is 28.8. The number of nitrogens with zero attached hydrogens (tertiary/aromatic N) is 2. The molecule has 0 spiro atoms. The van der Waals surface area contributed by atoms with Crippen LogP contribution in [0.3, 0.4) is 0 Å². The third-order valence-electron chi connectivity index (χ3n) is 3.63. The lowest BCUT2D eigenvalue weighted by atomic mass is 10.0. The Morgan fingerprint density at radius 2 is 1.90 bits per heavy atom. The molecule has 1 heterocycles. The minimum atomic E-state index is -0.884. The molecule has 21 heavy (non-hydrogen) atoms. The maximum atomic E-state index is 13.8. The predicted octanol–water partition coefficient (Wildman–Crippen LogP) is 3.09. The van der Waals surface area contributed by atoms with Crippen molar-refractivity contribution < 1.29 is 8.78 Å². The summed E-state index contributed by atoms with van der Waals surface area (Å²) in [6, 6.07) is 11.2. The Kier molecular flexibility index (Phi) is 3.43. The maximum absolute atomic E-state index is 13.8. The van der Waals surface area contributed by atoms with Crippen LogP contribution < -0.4 is 5.73 Å². The van der Waals surface area contributed by atoms with Gasteiger partial charge in [-0.15, -0.1) is 0 Å². The van der Waals surface area contributed by atoms with E-state index >= 15 is 0 Å². The number of aryl methyl sites for hydroxylation is 1. The minimum Gasteiger partial charge on any atom is -0.324 e. The molecule has 0 saturated carbocycles. The van der Waals surface area contributed by atoms with E-state index in [-0.39, 0.29) is 5.56 Å². The first-order valence-corrected chi connectivity index (χ1v) is 6.68. The van der Waals surface area contributed by atoms with Gasteiger partial charge in [0.15, 0.2) is 11.6 Å². The molecule has 2 aromatic carbocycles. The number of para-hydroxylation sites is 1. The molecule has 3 rings (SSSR count). The largest absolute Gasteiger partial charge is 0.324 e. The van der Waals surface area contributed by atoms with Crippen molar-refractivity contribution in [1.82, 2.24) is 9.78 Å². The standard InChI is InChI=1S/C16H15F2N3/c1-21-15-8-3-2-5-11(15)14(20-21)9-13(19)10-6-4-7-12(17)16(10)18/h2-8,13H,9,19H2,1H3. The van der Waals surface area contributed by atoms with Crippen LogP contribution in [0.25, 0.3) is 10.9 Å². The molecular formula is C16H15F2N3. The van der Waals surface area contributed by atoms with Crippen molar-refractivity contribution >= 4 is 10.9 Å². The zero-order valence-corrected chi connectivity index (χ0v) is 11.6. The normalized spacial score (nSPS) is 12.8. The van der Waals surface area contributed by atoms with Crippen molar-refractivity contribution in [3.63, 3.8) is 0 Å². The molecule has 108 valence electrons. The fourth-order valence-corrected chi connectivity index (χ4v) is 2.56. The van der Waals surface area contributed by atoms with Crippen molar-refractivity contribution in [3.05, 3.63) is 65.4 Å². The average molecular weight is 287 g/mol. The molecule has 0 radical (unpaired) electrons. The van der Waals surface area contributed by atoms with Crippen molar-refractivity contribution in [3.8, 4) is 0 Å². The Morgan fingerprint density at radius 1 is 1.14 bits per heavy atom. The first kappa shape index (κ1) is 13.7. The van der Waals surface area contributed by atoms with Crippen LogP contribution in [-0.2, 0) is 13.5 Å². The fourth-order valence-electron chi connectivity index (χ4n) is 2.56. The van der Waals surface area contributed by atoms with Crippen molar-refractivity contribution in [2.75, 3.05) is 0 Å². The van der Waals surface area contributed by atoms with E-state index in [4.69, 9.17) is 5.73 Å². The highest BCUT2D eigenvalue weighted by atomic mass is 19.2. The molecule has 0 amide bonds. The predicted molar refractivity (Wildman–Crippen MR) is 77.7 cm³/mol. The van der Waals surface area contributed by atoms with E-state index in [1.807, 2.05) is 31.3 Å². The summed E-state index contributed by atoms with van der Waals surface area (Å²) in [5.41, 5.74) is 7.98. The van der Waals surface area contributed by atoms with Gasteiger partial charge < -0.3 is 5.73 Å². The lowest BCUT2D eigenvalue weighted by Crippen LogP contribution is -2.16. The van der Waals surface area contributed by atoms with E-state index in [0.29, 0.717) is 6.42 Å². The Labute approximate surface area is 121 Å².